The molecule has 1 aliphatic carbocycles. The molecule has 0 heterocycles. The number of hydrogen-bond acceptors (Lipinski definition) is 2. The normalized spacial score (nSPS) is 16.0. The molecule has 1 fully saturated rings. The van der Waals surface area contributed by atoms with Gasteiger partial charge in [0.15, 0.2) is 0 Å². The zero-order chi connectivity index (χ0) is 15.3. The molecule has 21 heavy (non-hydrogen) atoms. The number of nitrogens with one attached hydrogen (secondary N) is 1. The molecule has 4 heteroatoms. The number of nitrogens with zero attached hydrogens (tertiary/aromatic N) is 1. The van der Waals surface area contributed by atoms with Crippen molar-refractivity contribution < 1.29 is 9.53 Å². The number of para-hydroxylation sites is 1. The van der Waals surface area contributed by atoms with Crippen LogP contribution in [-0.2, 0) is 5.41 Å². The minimum Gasteiger partial charge on any atom is -0.496 e. The Morgan fingerprint density at radius 1 is 1.29 bits per heavy atom. The summed E-state index contributed by atoms with van der Waals surface area (Å²) >= 11 is 0. The van der Waals surface area contributed by atoms with E-state index in [1.165, 1.54) is 12.0 Å². The first kappa shape index (κ1) is 15.7. The van der Waals surface area contributed by atoms with Gasteiger partial charge in [-0.2, -0.15) is 0 Å². The van der Waals surface area contributed by atoms with E-state index in [0.29, 0.717) is 6.54 Å². The Hall–Kier alpha value is -1.71. The SMILES string of the molecule is CCN(CC)C(=O)NCC1(c2ccccc2OC)CCC1. The highest BCUT2D eigenvalue weighted by molar-refractivity contribution is 5.74. The number of amides is 2. The van der Waals surface area contributed by atoms with E-state index >= 15 is 0 Å². The second-order valence-electron chi connectivity index (χ2n) is 5.67. The molecule has 4 nitrogen and oxygen atoms in total. The lowest BCUT2D eigenvalue weighted by Crippen LogP contribution is -2.49. The average molecular weight is 290 g/mol. The van der Waals surface area contributed by atoms with Gasteiger partial charge in [-0.25, -0.2) is 4.79 Å². The third-order valence-electron chi connectivity index (χ3n) is 4.62. The van der Waals surface area contributed by atoms with Crippen molar-refractivity contribution in [3.8, 4) is 5.75 Å². The third-order valence-corrected chi connectivity index (χ3v) is 4.62. The van der Waals surface area contributed by atoms with E-state index in [-0.39, 0.29) is 11.4 Å². The van der Waals surface area contributed by atoms with Gasteiger partial charge in [-0.15, -0.1) is 0 Å². The molecular formula is C17H26N2O2. The van der Waals surface area contributed by atoms with Crippen molar-refractivity contribution in [3.05, 3.63) is 29.8 Å². The minimum atomic E-state index is 0.0289. The molecule has 2 rings (SSSR count). The zero-order valence-electron chi connectivity index (χ0n) is 13.3. The summed E-state index contributed by atoms with van der Waals surface area (Å²) in [6.07, 6.45) is 3.41. The molecule has 1 N–H and O–H groups in total. The van der Waals surface area contributed by atoms with Crippen molar-refractivity contribution in [2.45, 2.75) is 38.5 Å². The molecule has 0 aliphatic heterocycles. The number of carbonyl (C=O) groups excluding carboxylic acids is 1. The van der Waals surface area contributed by atoms with E-state index in [4.69, 9.17) is 4.74 Å². The van der Waals surface area contributed by atoms with Crippen LogP contribution in [0.3, 0.4) is 0 Å². The Kier molecular flexibility index (Phi) is 5.10. The Labute approximate surface area is 127 Å². The molecule has 0 spiro atoms. The lowest BCUT2D eigenvalue weighted by atomic mass is 9.64. The van der Waals surface area contributed by atoms with Gasteiger partial charge in [0.05, 0.1) is 7.11 Å². The summed E-state index contributed by atoms with van der Waals surface area (Å²) in [5.74, 6) is 0.925. The van der Waals surface area contributed by atoms with E-state index in [9.17, 15) is 4.79 Å². The van der Waals surface area contributed by atoms with Crippen LogP contribution in [0.4, 0.5) is 4.79 Å². The topological polar surface area (TPSA) is 41.6 Å². The lowest BCUT2D eigenvalue weighted by Gasteiger charge is -2.43. The van der Waals surface area contributed by atoms with Crippen LogP contribution in [0.15, 0.2) is 24.3 Å². The molecule has 116 valence electrons. The first-order valence-corrected chi connectivity index (χ1v) is 7.83. The average Bonchev–Trinajstić information content (AvgIpc) is 2.48. The first-order chi connectivity index (χ1) is 10.2. The zero-order valence-corrected chi connectivity index (χ0v) is 13.3. The summed E-state index contributed by atoms with van der Waals surface area (Å²) in [6.45, 7) is 6.17. The van der Waals surface area contributed by atoms with E-state index in [2.05, 4.69) is 11.4 Å². The van der Waals surface area contributed by atoms with Gasteiger partial charge in [0.25, 0.3) is 0 Å². The molecule has 1 aromatic rings. The maximum Gasteiger partial charge on any atom is 0.317 e. The van der Waals surface area contributed by atoms with Crippen molar-refractivity contribution in [3.63, 3.8) is 0 Å². The Bertz CT molecular complexity index is 479. The minimum absolute atomic E-state index is 0.0289. The molecule has 1 aliphatic rings. The van der Waals surface area contributed by atoms with Crippen molar-refractivity contribution in [1.82, 2.24) is 10.2 Å². The van der Waals surface area contributed by atoms with E-state index in [1.54, 1.807) is 7.11 Å². The van der Waals surface area contributed by atoms with E-state index in [1.807, 2.05) is 36.9 Å². The summed E-state index contributed by atoms with van der Waals surface area (Å²) in [5.41, 5.74) is 1.26. The largest absolute Gasteiger partial charge is 0.496 e. The predicted octanol–water partition coefficient (Wildman–Crippen LogP) is 3.17. The lowest BCUT2D eigenvalue weighted by molar-refractivity contribution is 0.185. The van der Waals surface area contributed by atoms with Crippen LogP contribution in [0, 0.1) is 0 Å². The van der Waals surface area contributed by atoms with Crippen LogP contribution in [0.1, 0.15) is 38.7 Å². The number of urea groups is 1. The summed E-state index contributed by atoms with van der Waals surface area (Å²) < 4.78 is 5.50. The second-order valence-corrected chi connectivity index (χ2v) is 5.67. The monoisotopic (exact) mass is 290 g/mol. The Balaban J connectivity index is 2.10. The van der Waals surface area contributed by atoms with Crippen LogP contribution in [0.5, 0.6) is 5.75 Å². The summed E-state index contributed by atoms with van der Waals surface area (Å²) in [7, 11) is 1.71. The maximum atomic E-state index is 12.2. The number of rotatable bonds is 6. The van der Waals surface area contributed by atoms with Crippen LogP contribution in [-0.4, -0.2) is 37.7 Å². The summed E-state index contributed by atoms with van der Waals surface area (Å²) in [6, 6.07) is 8.19. The van der Waals surface area contributed by atoms with Crippen molar-refractivity contribution in [2.24, 2.45) is 0 Å². The number of ether oxygens (including phenoxy) is 1. The fourth-order valence-electron chi connectivity index (χ4n) is 3.10. The number of carbonyl (C=O) groups is 1. The molecule has 0 radical (unpaired) electrons. The highest BCUT2D eigenvalue weighted by atomic mass is 16.5. The van der Waals surface area contributed by atoms with Gasteiger partial charge in [-0.1, -0.05) is 24.6 Å². The molecule has 1 aromatic carbocycles. The molecule has 0 bridgehead atoms. The molecular weight excluding hydrogens is 264 g/mol. The highest BCUT2D eigenvalue weighted by Crippen LogP contribution is 2.46. The smallest absolute Gasteiger partial charge is 0.317 e. The van der Waals surface area contributed by atoms with Gasteiger partial charge in [0.1, 0.15) is 5.75 Å². The Morgan fingerprint density at radius 3 is 2.48 bits per heavy atom. The Morgan fingerprint density at radius 2 is 1.95 bits per heavy atom. The van der Waals surface area contributed by atoms with Gasteiger partial charge in [0.2, 0.25) is 0 Å². The molecule has 0 saturated heterocycles. The fourth-order valence-corrected chi connectivity index (χ4v) is 3.10. The molecule has 0 aromatic heterocycles. The molecule has 0 atom stereocenters. The van der Waals surface area contributed by atoms with Gasteiger partial charge in [-0.05, 0) is 32.8 Å². The van der Waals surface area contributed by atoms with Crippen LogP contribution in [0.2, 0.25) is 0 Å². The maximum absolute atomic E-state index is 12.2. The molecule has 2 amide bonds. The van der Waals surface area contributed by atoms with Crippen LogP contribution < -0.4 is 10.1 Å². The van der Waals surface area contributed by atoms with Crippen molar-refractivity contribution in [1.29, 1.82) is 0 Å². The fraction of sp³-hybridized carbons (Fsp3) is 0.588. The number of hydrogen-bond donors (Lipinski definition) is 1. The number of methoxy groups -OCH3 is 1. The van der Waals surface area contributed by atoms with Crippen molar-refractivity contribution >= 4 is 6.03 Å². The number of benzene rings is 1. The predicted molar refractivity (Wildman–Crippen MR) is 84.8 cm³/mol. The van der Waals surface area contributed by atoms with E-state index in [0.717, 1.165) is 31.7 Å². The van der Waals surface area contributed by atoms with Gasteiger partial charge < -0.3 is 15.0 Å². The first-order valence-electron chi connectivity index (χ1n) is 7.83. The van der Waals surface area contributed by atoms with Gasteiger partial charge >= 0.3 is 6.03 Å². The summed E-state index contributed by atoms with van der Waals surface area (Å²) in [4.78, 5) is 14.0. The summed E-state index contributed by atoms with van der Waals surface area (Å²) in [5, 5.41) is 3.11. The molecule has 0 unspecified atom stereocenters. The van der Waals surface area contributed by atoms with Crippen LogP contribution in [0.25, 0.3) is 0 Å². The van der Waals surface area contributed by atoms with Crippen LogP contribution >= 0.6 is 0 Å². The third kappa shape index (κ3) is 3.14. The van der Waals surface area contributed by atoms with E-state index < -0.39 is 0 Å². The molecule has 1 saturated carbocycles. The van der Waals surface area contributed by atoms with Gasteiger partial charge in [0, 0.05) is 30.6 Å². The van der Waals surface area contributed by atoms with Crippen molar-refractivity contribution in [2.75, 3.05) is 26.7 Å². The highest BCUT2D eigenvalue weighted by Gasteiger charge is 2.40. The quantitative estimate of drug-likeness (QED) is 0.874. The standard InChI is InChI=1S/C17H26N2O2/c1-4-19(5-2)16(20)18-13-17(11-8-12-17)14-9-6-7-10-15(14)21-3/h6-7,9-10H,4-5,8,11-13H2,1-3H3,(H,18,20). The van der Waals surface area contributed by atoms with Gasteiger partial charge in [-0.3, -0.25) is 0 Å². The second kappa shape index (κ2) is 6.83.